The van der Waals surface area contributed by atoms with Gasteiger partial charge in [0.1, 0.15) is 0 Å². The third kappa shape index (κ3) is 3.13. The van der Waals surface area contributed by atoms with Crippen molar-refractivity contribution in [3.8, 4) is 0 Å². The quantitative estimate of drug-likeness (QED) is 0.829. The maximum atomic E-state index is 12.4. The zero-order chi connectivity index (χ0) is 14.9. The highest BCUT2D eigenvalue weighted by Gasteiger charge is 2.17. The SMILES string of the molecule is Cc1cc(NS(=O)(=O)c2ccc(N)cc2C)ccc1Br. The molecule has 0 heterocycles. The van der Waals surface area contributed by atoms with Crippen LogP contribution in [0.3, 0.4) is 0 Å². The van der Waals surface area contributed by atoms with Crippen LogP contribution < -0.4 is 10.5 Å². The molecule has 20 heavy (non-hydrogen) atoms. The van der Waals surface area contributed by atoms with Crippen molar-refractivity contribution in [3.05, 3.63) is 52.0 Å². The fourth-order valence-electron chi connectivity index (χ4n) is 1.89. The number of anilines is 2. The topological polar surface area (TPSA) is 72.2 Å². The molecule has 2 aromatic carbocycles. The summed E-state index contributed by atoms with van der Waals surface area (Å²) in [6.07, 6.45) is 0. The number of halogens is 1. The minimum Gasteiger partial charge on any atom is -0.399 e. The molecule has 2 aromatic rings. The number of hydrogen-bond donors (Lipinski definition) is 2. The minimum absolute atomic E-state index is 0.229. The lowest BCUT2D eigenvalue weighted by atomic mass is 10.2. The van der Waals surface area contributed by atoms with E-state index in [4.69, 9.17) is 5.73 Å². The molecule has 0 spiro atoms. The maximum absolute atomic E-state index is 12.4. The Kier molecular flexibility index (Phi) is 4.06. The van der Waals surface area contributed by atoms with Crippen LogP contribution in [0.25, 0.3) is 0 Å². The van der Waals surface area contributed by atoms with E-state index in [1.165, 1.54) is 6.07 Å². The number of benzene rings is 2. The molecular formula is C14H15BrN2O2S. The molecule has 0 aromatic heterocycles. The van der Waals surface area contributed by atoms with Gasteiger partial charge < -0.3 is 5.73 Å². The zero-order valence-corrected chi connectivity index (χ0v) is 13.5. The predicted molar refractivity (Wildman–Crippen MR) is 85.3 cm³/mol. The Morgan fingerprint density at radius 1 is 1.05 bits per heavy atom. The summed E-state index contributed by atoms with van der Waals surface area (Å²) in [7, 11) is -3.61. The fraction of sp³-hybridized carbons (Fsp3) is 0.143. The highest BCUT2D eigenvalue weighted by Crippen LogP contribution is 2.24. The Morgan fingerprint density at radius 3 is 2.35 bits per heavy atom. The Hall–Kier alpha value is -1.53. The van der Waals surface area contributed by atoms with Crippen molar-refractivity contribution in [1.82, 2.24) is 0 Å². The molecule has 4 nitrogen and oxygen atoms in total. The number of rotatable bonds is 3. The maximum Gasteiger partial charge on any atom is 0.262 e. The number of hydrogen-bond acceptors (Lipinski definition) is 3. The predicted octanol–water partition coefficient (Wildman–Crippen LogP) is 3.45. The molecule has 0 saturated heterocycles. The van der Waals surface area contributed by atoms with Crippen LogP contribution in [0.2, 0.25) is 0 Å². The average Bonchev–Trinajstić information content (AvgIpc) is 2.33. The van der Waals surface area contributed by atoms with Gasteiger partial charge in [0.05, 0.1) is 4.90 Å². The number of nitrogens with one attached hydrogen (secondary N) is 1. The molecule has 0 atom stereocenters. The summed E-state index contributed by atoms with van der Waals surface area (Å²) in [6, 6.07) is 10.0. The second-order valence-electron chi connectivity index (χ2n) is 4.59. The Bertz CT molecular complexity index is 758. The van der Waals surface area contributed by atoms with Gasteiger partial charge in [0.15, 0.2) is 0 Å². The van der Waals surface area contributed by atoms with Gasteiger partial charge in [-0.3, -0.25) is 4.72 Å². The number of nitrogens with two attached hydrogens (primary N) is 1. The average molecular weight is 355 g/mol. The van der Waals surface area contributed by atoms with Crippen LogP contribution in [-0.4, -0.2) is 8.42 Å². The van der Waals surface area contributed by atoms with Gasteiger partial charge in [-0.1, -0.05) is 15.9 Å². The molecule has 0 aliphatic rings. The van der Waals surface area contributed by atoms with Crippen LogP contribution in [0.4, 0.5) is 11.4 Å². The lowest BCUT2D eigenvalue weighted by Crippen LogP contribution is -2.14. The van der Waals surface area contributed by atoms with Gasteiger partial charge in [-0.25, -0.2) is 8.42 Å². The third-order valence-corrected chi connectivity index (χ3v) is 5.33. The molecule has 0 amide bonds. The molecule has 0 aliphatic carbocycles. The van der Waals surface area contributed by atoms with Gasteiger partial charge >= 0.3 is 0 Å². The smallest absolute Gasteiger partial charge is 0.262 e. The summed E-state index contributed by atoms with van der Waals surface area (Å²) >= 11 is 3.38. The van der Waals surface area contributed by atoms with E-state index in [9.17, 15) is 8.42 Å². The Balaban J connectivity index is 2.38. The lowest BCUT2D eigenvalue weighted by molar-refractivity contribution is 0.600. The first kappa shape index (κ1) is 14.9. The lowest BCUT2D eigenvalue weighted by Gasteiger charge is -2.11. The number of aryl methyl sites for hydroxylation is 2. The van der Waals surface area contributed by atoms with Gasteiger partial charge in [0, 0.05) is 15.8 Å². The van der Waals surface area contributed by atoms with Crippen LogP contribution in [0, 0.1) is 13.8 Å². The summed E-state index contributed by atoms with van der Waals surface area (Å²) in [5.41, 5.74) is 8.29. The van der Waals surface area contributed by atoms with E-state index in [1.807, 2.05) is 13.0 Å². The van der Waals surface area contributed by atoms with E-state index >= 15 is 0 Å². The van der Waals surface area contributed by atoms with Gasteiger partial charge in [0.25, 0.3) is 10.0 Å². The zero-order valence-electron chi connectivity index (χ0n) is 11.1. The summed E-state index contributed by atoms with van der Waals surface area (Å²) in [5, 5.41) is 0. The van der Waals surface area contributed by atoms with Crippen molar-refractivity contribution in [2.45, 2.75) is 18.7 Å². The summed E-state index contributed by atoms with van der Waals surface area (Å²) in [4.78, 5) is 0.229. The summed E-state index contributed by atoms with van der Waals surface area (Å²) < 4.78 is 28.2. The highest BCUT2D eigenvalue weighted by atomic mass is 79.9. The minimum atomic E-state index is -3.61. The normalized spacial score (nSPS) is 11.3. The van der Waals surface area contributed by atoms with Gasteiger partial charge in [-0.05, 0) is 61.4 Å². The monoisotopic (exact) mass is 354 g/mol. The molecule has 3 N–H and O–H groups in total. The van der Waals surface area contributed by atoms with Crippen molar-refractivity contribution in [3.63, 3.8) is 0 Å². The second kappa shape index (κ2) is 5.46. The van der Waals surface area contributed by atoms with Gasteiger partial charge in [-0.2, -0.15) is 0 Å². The molecule has 0 radical (unpaired) electrons. The Labute approximate surface area is 127 Å². The van der Waals surface area contributed by atoms with Gasteiger partial charge in [0.2, 0.25) is 0 Å². The van der Waals surface area contributed by atoms with Crippen LogP contribution in [0.15, 0.2) is 45.8 Å². The van der Waals surface area contributed by atoms with E-state index in [1.54, 1.807) is 31.2 Å². The molecule has 2 rings (SSSR count). The number of sulfonamides is 1. The first-order valence-electron chi connectivity index (χ1n) is 5.95. The van der Waals surface area contributed by atoms with E-state index in [-0.39, 0.29) is 4.90 Å². The number of nitrogen functional groups attached to an aromatic ring is 1. The molecule has 0 aliphatic heterocycles. The fourth-order valence-corrected chi connectivity index (χ4v) is 3.42. The van der Waals surface area contributed by atoms with Crippen LogP contribution in [-0.2, 0) is 10.0 Å². The standard InChI is InChI=1S/C14H15BrN2O2S/c1-9-8-12(4-5-13(9)15)17-20(18,19)14-6-3-11(16)7-10(14)2/h3-8,17H,16H2,1-2H3. The van der Waals surface area contributed by atoms with Crippen molar-refractivity contribution in [2.24, 2.45) is 0 Å². The molecule has 0 saturated carbocycles. The van der Waals surface area contributed by atoms with Crippen LogP contribution in [0.5, 0.6) is 0 Å². The molecule has 0 fully saturated rings. The van der Waals surface area contributed by atoms with E-state index in [2.05, 4.69) is 20.7 Å². The summed E-state index contributed by atoms with van der Waals surface area (Å²) in [6.45, 7) is 3.62. The molecule has 0 unspecified atom stereocenters. The van der Waals surface area contributed by atoms with Crippen LogP contribution in [0.1, 0.15) is 11.1 Å². The largest absolute Gasteiger partial charge is 0.399 e. The first-order valence-corrected chi connectivity index (χ1v) is 8.22. The van der Waals surface area contributed by atoms with Crippen molar-refractivity contribution >= 4 is 37.3 Å². The van der Waals surface area contributed by atoms with Crippen molar-refractivity contribution in [1.29, 1.82) is 0 Å². The molecule has 6 heteroatoms. The second-order valence-corrected chi connectivity index (χ2v) is 7.10. The van der Waals surface area contributed by atoms with Gasteiger partial charge in [-0.15, -0.1) is 0 Å². The summed E-state index contributed by atoms with van der Waals surface area (Å²) in [5.74, 6) is 0. The van der Waals surface area contributed by atoms with Crippen LogP contribution >= 0.6 is 15.9 Å². The third-order valence-electron chi connectivity index (χ3n) is 2.90. The van der Waals surface area contributed by atoms with E-state index in [0.717, 1.165) is 10.0 Å². The van der Waals surface area contributed by atoms with E-state index < -0.39 is 10.0 Å². The highest BCUT2D eigenvalue weighted by molar-refractivity contribution is 9.10. The molecular weight excluding hydrogens is 340 g/mol. The van der Waals surface area contributed by atoms with Crippen molar-refractivity contribution in [2.75, 3.05) is 10.5 Å². The molecule has 0 bridgehead atoms. The Morgan fingerprint density at radius 2 is 1.75 bits per heavy atom. The first-order chi connectivity index (χ1) is 9.29. The molecule has 106 valence electrons. The van der Waals surface area contributed by atoms with Crippen molar-refractivity contribution < 1.29 is 8.42 Å². The van der Waals surface area contributed by atoms with E-state index in [0.29, 0.717) is 16.9 Å².